The van der Waals surface area contributed by atoms with E-state index in [0.717, 1.165) is 5.56 Å². The summed E-state index contributed by atoms with van der Waals surface area (Å²) in [6.07, 6.45) is 2.12. The summed E-state index contributed by atoms with van der Waals surface area (Å²) in [4.78, 5) is 11.1. The van der Waals surface area contributed by atoms with Crippen molar-refractivity contribution in [3.8, 4) is 5.75 Å². The van der Waals surface area contributed by atoms with Crippen molar-refractivity contribution in [1.82, 2.24) is 0 Å². The van der Waals surface area contributed by atoms with Crippen molar-refractivity contribution >= 4 is 5.91 Å². The second kappa shape index (κ2) is 5.32. The van der Waals surface area contributed by atoms with Gasteiger partial charge in [-0.1, -0.05) is 12.1 Å². The number of aromatic hydroxyl groups is 1. The molecular formula is C12H15NO3. The second-order valence-electron chi connectivity index (χ2n) is 3.39. The van der Waals surface area contributed by atoms with Gasteiger partial charge in [-0.05, 0) is 18.1 Å². The van der Waals surface area contributed by atoms with Gasteiger partial charge in [-0.3, -0.25) is 4.79 Å². The number of benzene rings is 1. The minimum Gasteiger partial charge on any atom is -0.507 e. The fourth-order valence-corrected chi connectivity index (χ4v) is 1.54. The quantitative estimate of drug-likeness (QED) is 0.737. The molecule has 0 fully saturated rings. The van der Waals surface area contributed by atoms with Crippen LogP contribution in [0.2, 0.25) is 0 Å². The molecule has 4 heteroatoms. The Morgan fingerprint density at radius 2 is 2.31 bits per heavy atom. The molecule has 0 aliphatic carbocycles. The van der Waals surface area contributed by atoms with E-state index in [9.17, 15) is 9.90 Å². The standard InChI is InChI=1S/C12H15NO3/c1-3-4-9-8(7-16-2)5-6-10(11(9)14)12(13)15/h3,5-6,14H,1,4,7H2,2H3,(H2,13,15). The first-order valence-electron chi connectivity index (χ1n) is 4.85. The monoisotopic (exact) mass is 221 g/mol. The molecule has 0 radical (unpaired) electrons. The lowest BCUT2D eigenvalue weighted by Gasteiger charge is -2.11. The van der Waals surface area contributed by atoms with Crippen molar-refractivity contribution in [1.29, 1.82) is 0 Å². The van der Waals surface area contributed by atoms with Crippen molar-refractivity contribution in [3.05, 3.63) is 41.5 Å². The minimum atomic E-state index is -0.647. The van der Waals surface area contributed by atoms with E-state index >= 15 is 0 Å². The molecule has 0 bridgehead atoms. The molecule has 0 unspecified atom stereocenters. The summed E-state index contributed by atoms with van der Waals surface area (Å²) in [5, 5.41) is 9.89. The third-order valence-electron chi connectivity index (χ3n) is 2.29. The summed E-state index contributed by atoms with van der Waals surface area (Å²) in [6, 6.07) is 3.22. The molecule has 3 N–H and O–H groups in total. The van der Waals surface area contributed by atoms with Crippen LogP contribution in [0.25, 0.3) is 0 Å². The first-order chi connectivity index (χ1) is 7.61. The van der Waals surface area contributed by atoms with E-state index in [0.29, 0.717) is 18.6 Å². The molecule has 0 aliphatic rings. The number of methoxy groups -OCH3 is 1. The average Bonchev–Trinajstić information content (AvgIpc) is 2.23. The highest BCUT2D eigenvalue weighted by Gasteiger charge is 2.14. The van der Waals surface area contributed by atoms with E-state index in [-0.39, 0.29) is 11.3 Å². The van der Waals surface area contributed by atoms with Crippen LogP contribution in [0.4, 0.5) is 0 Å². The van der Waals surface area contributed by atoms with Gasteiger partial charge in [0.05, 0.1) is 12.2 Å². The Hall–Kier alpha value is -1.81. The zero-order valence-corrected chi connectivity index (χ0v) is 9.19. The van der Waals surface area contributed by atoms with Crippen molar-refractivity contribution in [2.45, 2.75) is 13.0 Å². The van der Waals surface area contributed by atoms with Crippen LogP contribution in [0.3, 0.4) is 0 Å². The minimum absolute atomic E-state index is 0.0815. The van der Waals surface area contributed by atoms with Crippen LogP contribution in [-0.2, 0) is 17.8 Å². The number of carbonyl (C=O) groups excluding carboxylic acids is 1. The molecule has 0 aromatic heterocycles. The third kappa shape index (κ3) is 2.41. The van der Waals surface area contributed by atoms with Gasteiger partial charge in [0.25, 0.3) is 5.91 Å². The molecule has 0 heterocycles. The fourth-order valence-electron chi connectivity index (χ4n) is 1.54. The van der Waals surface area contributed by atoms with E-state index in [1.807, 2.05) is 0 Å². The van der Waals surface area contributed by atoms with Crippen LogP contribution in [-0.4, -0.2) is 18.1 Å². The largest absolute Gasteiger partial charge is 0.507 e. The lowest BCUT2D eigenvalue weighted by Crippen LogP contribution is -2.12. The highest BCUT2D eigenvalue weighted by Crippen LogP contribution is 2.27. The maximum absolute atomic E-state index is 11.1. The Kier molecular flexibility index (Phi) is 4.08. The normalized spacial score (nSPS) is 10.1. The van der Waals surface area contributed by atoms with Gasteiger partial charge in [0.15, 0.2) is 0 Å². The number of allylic oxidation sites excluding steroid dienone is 1. The van der Waals surface area contributed by atoms with E-state index in [4.69, 9.17) is 10.5 Å². The SMILES string of the molecule is C=CCc1c(COC)ccc(C(N)=O)c1O. The molecule has 1 amide bonds. The van der Waals surface area contributed by atoms with Gasteiger partial charge in [-0.2, -0.15) is 0 Å². The van der Waals surface area contributed by atoms with Gasteiger partial charge in [0.2, 0.25) is 0 Å². The molecule has 4 nitrogen and oxygen atoms in total. The predicted octanol–water partition coefficient (Wildman–Crippen LogP) is 1.37. The van der Waals surface area contributed by atoms with Gasteiger partial charge >= 0.3 is 0 Å². The molecule has 0 atom stereocenters. The predicted molar refractivity (Wildman–Crippen MR) is 61.2 cm³/mol. The Morgan fingerprint density at radius 3 is 2.81 bits per heavy atom. The number of ether oxygens (including phenoxy) is 1. The summed E-state index contributed by atoms with van der Waals surface area (Å²) >= 11 is 0. The van der Waals surface area contributed by atoms with E-state index in [2.05, 4.69) is 6.58 Å². The van der Waals surface area contributed by atoms with Gasteiger partial charge in [-0.15, -0.1) is 6.58 Å². The van der Waals surface area contributed by atoms with Crippen molar-refractivity contribution < 1.29 is 14.6 Å². The molecule has 0 aliphatic heterocycles. The maximum Gasteiger partial charge on any atom is 0.252 e. The van der Waals surface area contributed by atoms with E-state index in [1.165, 1.54) is 6.07 Å². The fraction of sp³-hybridized carbons (Fsp3) is 0.250. The summed E-state index contributed by atoms with van der Waals surface area (Å²) < 4.78 is 5.01. The molecule has 1 rings (SSSR count). The Labute approximate surface area is 94.3 Å². The third-order valence-corrected chi connectivity index (χ3v) is 2.29. The lowest BCUT2D eigenvalue weighted by molar-refractivity contribution is 0.0997. The number of hydrogen-bond acceptors (Lipinski definition) is 3. The Balaban J connectivity index is 3.28. The number of amides is 1. The van der Waals surface area contributed by atoms with Crippen LogP contribution in [0.1, 0.15) is 21.5 Å². The zero-order valence-electron chi connectivity index (χ0n) is 9.19. The molecule has 1 aromatic carbocycles. The Morgan fingerprint density at radius 1 is 1.62 bits per heavy atom. The van der Waals surface area contributed by atoms with Crippen LogP contribution < -0.4 is 5.73 Å². The Bertz CT molecular complexity index is 413. The average molecular weight is 221 g/mol. The molecule has 0 saturated heterocycles. The first kappa shape index (κ1) is 12.3. The first-order valence-corrected chi connectivity index (χ1v) is 4.85. The van der Waals surface area contributed by atoms with Gasteiger partial charge in [0, 0.05) is 12.7 Å². The second-order valence-corrected chi connectivity index (χ2v) is 3.39. The highest BCUT2D eigenvalue weighted by atomic mass is 16.5. The molecule has 1 aromatic rings. The summed E-state index contributed by atoms with van der Waals surface area (Å²) in [6.45, 7) is 3.98. The smallest absolute Gasteiger partial charge is 0.252 e. The highest BCUT2D eigenvalue weighted by molar-refractivity contribution is 5.96. The van der Waals surface area contributed by atoms with Crippen molar-refractivity contribution in [3.63, 3.8) is 0 Å². The number of phenols is 1. The van der Waals surface area contributed by atoms with Crippen molar-refractivity contribution in [2.24, 2.45) is 5.73 Å². The number of hydrogen-bond donors (Lipinski definition) is 2. The maximum atomic E-state index is 11.1. The zero-order chi connectivity index (χ0) is 12.1. The lowest BCUT2D eigenvalue weighted by atomic mass is 9.99. The summed E-state index contributed by atoms with van der Waals surface area (Å²) in [7, 11) is 1.57. The summed E-state index contributed by atoms with van der Waals surface area (Å²) in [5.74, 6) is -0.728. The van der Waals surface area contributed by atoms with E-state index < -0.39 is 5.91 Å². The van der Waals surface area contributed by atoms with Crippen molar-refractivity contribution in [2.75, 3.05) is 7.11 Å². The molecule has 16 heavy (non-hydrogen) atoms. The number of rotatable bonds is 5. The number of primary amides is 1. The van der Waals surface area contributed by atoms with Gasteiger partial charge in [-0.25, -0.2) is 0 Å². The topological polar surface area (TPSA) is 72.5 Å². The molecule has 86 valence electrons. The summed E-state index contributed by atoms with van der Waals surface area (Å²) in [5.41, 5.74) is 6.73. The molecule has 0 spiro atoms. The van der Waals surface area contributed by atoms with Gasteiger partial charge in [0.1, 0.15) is 5.75 Å². The van der Waals surface area contributed by atoms with Crippen LogP contribution in [0.5, 0.6) is 5.75 Å². The van der Waals surface area contributed by atoms with Crippen LogP contribution >= 0.6 is 0 Å². The van der Waals surface area contributed by atoms with Crippen LogP contribution in [0.15, 0.2) is 24.8 Å². The number of carbonyl (C=O) groups is 1. The van der Waals surface area contributed by atoms with Crippen LogP contribution in [0, 0.1) is 0 Å². The molecular weight excluding hydrogens is 206 g/mol. The van der Waals surface area contributed by atoms with Gasteiger partial charge < -0.3 is 15.6 Å². The number of nitrogens with two attached hydrogens (primary N) is 1. The molecule has 0 saturated carbocycles. The van der Waals surface area contributed by atoms with E-state index in [1.54, 1.807) is 19.3 Å².